The Morgan fingerprint density at radius 1 is 0.647 bits per heavy atom. The lowest BCUT2D eigenvalue weighted by Crippen LogP contribution is -2.00. The maximum atomic E-state index is 3.67. The highest BCUT2D eigenvalue weighted by Crippen LogP contribution is 2.11. The number of hydrogen-bond acceptors (Lipinski definition) is 4. The third-order valence-corrected chi connectivity index (χ3v) is 3.18. The fourth-order valence-electron chi connectivity index (χ4n) is 0.760. The van der Waals surface area contributed by atoms with Crippen molar-refractivity contribution < 1.29 is 0 Å². The third kappa shape index (κ3) is 31.6. The van der Waals surface area contributed by atoms with Crippen LogP contribution in [0.4, 0.5) is 0 Å². The van der Waals surface area contributed by atoms with Gasteiger partial charge < -0.3 is 0 Å². The lowest BCUT2D eigenvalue weighted by molar-refractivity contribution is 0.407. The van der Waals surface area contributed by atoms with Gasteiger partial charge >= 0.3 is 0 Å². The molecule has 17 heavy (non-hydrogen) atoms. The van der Waals surface area contributed by atoms with Crippen molar-refractivity contribution in [2.75, 3.05) is 0 Å². The molecule has 0 aliphatic carbocycles. The van der Waals surface area contributed by atoms with E-state index in [1.165, 1.54) is 19.3 Å². The summed E-state index contributed by atoms with van der Waals surface area (Å²) in [4.78, 5) is 0. The first kappa shape index (κ1) is 26.4. The Balaban J connectivity index is -0.0000000772. The molecule has 0 aliphatic heterocycles. The van der Waals surface area contributed by atoms with Gasteiger partial charge in [0.2, 0.25) is 0 Å². The van der Waals surface area contributed by atoms with E-state index >= 15 is 0 Å². The summed E-state index contributed by atoms with van der Waals surface area (Å²) in [5.41, 5.74) is 0. The topological polar surface area (TPSA) is 0 Å². The molecule has 0 aromatic carbocycles. The lowest BCUT2D eigenvalue weighted by atomic mass is 9.96. The average molecular weight is 315 g/mol. The molecule has 1 unspecified atom stereocenters. The highest BCUT2D eigenvalue weighted by molar-refractivity contribution is 8.07. The molecule has 0 heterocycles. The maximum absolute atomic E-state index is 3.67. The average Bonchev–Trinajstić information content (AvgIpc) is 2.41. The minimum Gasteiger partial charge on any atom is -0.0651 e. The zero-order valence-electron chi connectivity index (χ0n) is 12.5. The van der Waals surface area contributed by atoms with Crippen molar-refractivity contribution in [3.05, 3.63) is 0 Å². The van der Waals surface area contributed by atoms with Gasteiger partial charge in [0.25, 0.3) is 0 Å². The highest BCUT2D eigenvalue weighted by Gasteiger charge is 2.01. The molecule has 1 atom stereocenters. The normalized spacial score (nSPS) is 10.2. The lowest BCUT2D eigenvalue weighted by Gasteiger charge is -2.10. The summed E-state index contributed by atoms with van der Waals surface area (Å²) in [5.74, 6) is 2.70. The van der Waals surface area contributed by atoms with Crippen LogP contribution < -0.4 is 0 Å². The zero-order chi connectivity index (χ0) is 14.9. The van der Waals surface area contributed by atoms with E-state index in [2.05, 4.69) is 93.2 Å². The zero-order valence-corrected chi connectivity index (χ0v) is 15.8. The Morgan fingerprint density at radius 3 is 0.941 bits per heavy atom. The standard InChI is InChI=1S/C7H16.C6H14.2S2/c1-5-7(4)6(2)3;1-4-6(3)5-2;2*1-2/h6-7H,5H2,1-4H3;6H,4-5H2,1-3H3;;. The molecule has 4 heteroatoms. The quantitative estimate of drug-likeness (QED) is 0.706. The van der Waals surface area contributed by atoms with Gasteiger partial charge in [-0.1, -0.05) is 67.7 Å². The Bertz CT molecular complexity index is 112. The number of hydrogen-bond donors (Lipinski definition) is 0. The van der Waals surface area contributed by atoms with E-state index in [4.69, 9.17) is 0 Å². The largest absolute Gasteiger partial charge is 0.0651 e. The van der Waals surface area contributed by atoms with E-state index in [1.807, 2.05) is 0 Å². The van der Waals surface area contributed by atoms with Crippen LogP contribution in [0.3, 0.4) is 0 Å². The summed E-state index contributed by atoms with van der Waals surface area (Å²) in [5, 5.41) is 0. The van der Waals surface area contributed by atoms with E-state index in [9.17, 15) is 0 Å². The van der Waals surface area contributed by atoms with Gasteiger partial charge in [0.1, 0.15) is 0 Å². The molecule has 0 bridgehead atoms. The van der Waals surface area contributed by atoms with Crippen LogP contribution in [0, 0.1) is 17.8 Å². The van der Waals surface area contributed by atoms with Gasteiger partial charge in [-0.3, -0.25) is 0 Å². The Hall–Kier alpha value is 0.880. The fourth-order valence-corrected chi connectivity index (χ4v) is 0.760. The molecule has 0 N–H and O–H groups in total. The van der Waals surface area contributed by atoms with Crippen molar-refractivity contribution in [3.63, 3.8) is 0 Å². The maximum Gasteiger partial charge on any atom is 0 e. The molecule has 0 amide bonds. The van der Waals surface area contributed by atoms with Crippen LogP contribution in [0.25, 0.3) is 0 Å². The van der Waals surface area contributed by atoms with Crippen LogP contribution in [0.5, 0.6) is 0 Å². The SMILES string of the molecule is CCC(C)C(C)C.CCC(C)CC.S=S.S=S. The second kappa shape index (κ2) is 25.7. The van der Waals surface area contributed by atoms with Crippen molar-refractivity contribution in [3.8, 4) is 0 Å². The molecule has 0 nitrogen and oxygen atoms in total. The molecule has 0 saturated heterocycles. The molecule has 0 rings (SSSR count). The molecule has 0 aromatic rings. The second-order valence-electron chi connectivity index (χ2n) is 4.55. The Labute approximate surface area is 130 Å². The minimum absolute atomic E-state index is 0.866. The predicted octanol–water partition coefficient (Wildman–Crippen LogP) is 5.12. The monoisotopic (exact) mass is 314 g/mol. The third-order valence-electron chi connectivity index (χ3n) is 3.18. The van der Waals surface area contributed by atoms with Gasteiger partial charge in [0.15, 0.2) is 0 Å². The molecule has 106 valence electrons. The van der Waals surface area contributed by atoms with Crippen LogP contribution in [0.2, 0.25) is 0 Å². The van der Waals surface area contributed by atoms with Gasteiger partial charge in [0.05, 0.1) is 0 Å². The smallest absolute Gasteiger partial charge is 0 e. The summed E-state index contributed by atoms with van der Waals surface area (Å²) in [6, 6.07) is 0. The fraction of sp³-hybridized carbons (Fsp3) is 1.00. The summed E-state index contributed by atoms with van der Waals surface area (Å²) in [6.07, 6.45) is 3.98. The van der Waals surface area contributed by atoms with Gasteiger partial charge in [-0.25, -0.2) is 0 Å². The van der Waals surface area contributed by atoms with Crippen LogP contribution in [0.15, 0.2) is 0 Å². The molecule has 0 aromatic heterocycles. The van der Waals surface area contributed by atoms with Gasteiger partial charge in [-0.2, -0.15) is 0 Å². The Kier molecular flexibility index (Phi) is 39.9. The molecule has 0 saturated carbocycles. The molecule has 0 fully saturated rings. The first-order chi connectivity index (χ1) is 7.99. The molecule has 0 radical (unpaired) electrons. The number of rotatable bonds is 4. The van der Waals surface area contributed by atoms with Crippen molar-refractivity contribution in [2.24, 2.45) is 17.8 Å². The molecule has 0 spiro atoms. The Morgan fingerprint density at radius 2 is 0.941 bits per heavy atom. The van der Waals surface area contributed by atoms with Crippen LogP contribution in [0.1, 0.15) is 67.7 Å². The summed E-state index contributed by atoms with van der Waals surface area (Å²) >= 11 is 14.7. The van der Waals surface area contributed by atoms with Crippen molar-refractivity contribution in [1.29, 1.82) is 0 Å². The van der Waals surface area contributed by atoms with Crippen LogP contribution in [-0.4, -0.2) is 0 Å². The summed E-state index contributed by atoms with van der Waals surface area (Å²) in [7, 11) is 0. The van der Waals surface area contributed by atoms with Crippen molar-refractivity contribution in [2.45, 2.75) is 67.7 Å². The minimum atomic E-state index is 0.866. The van der Waals surface area contributed by atoms with E-state index in [1.54, 1.807) is 0 Å². The van der Waals surface area contributed by atoms with Crippen LogP contribution >= 0.6 is 0 Å². The van der Waals surface area contributed by atoms with E-state index in [0.717, 1.165) is 17.8 Å². The van der Waals surface area contributed by atoms with Gasteiger partial charge in [0, 0.05) is 44.8 Å². The van der Waals surface area contributed by atoms with E-state index in [-0.39, 0.29) is 0 Å². The molecule has 0 aliphatic rings. The highest BCUT2D eigenvalue weighted by atomic mass is 32.8. The van der Waals surface area contributed by atoms with E-state index < -0.39 is 0 Å². The van der Waals surface area contributed by atoms with Gasteiger partial charge in [-0.15, -0.1) is 0 Å². The summed E-state index contributed by atoms with van der Waals surface area (Å²) < 4.78 is 0. The summed E-state index contributed by atoms with van der Waals surface area (Å²) in [6.45, 7) is 15.8. The molecular weight excluding hydrogens is 284 g/mol. The van der Waals surface area contributed by atoms with Crippen LogP contribution in [-0.2, 0) is 44.8 Å². The second-order valence-corrected chi connectivity index (χ2v) is 4.55. The first-order valence-corrected chi connectivity index (χ1v) is 8.99. The van der Waals surface area contributed by atoms with E-state index in [0.29, 0.717) is 0 Å². The van der Waals surface area contributed by atoms with Gasteiger partial charge in [-0.05, 0) is 17.8 Å². The predicted molar refractivity (Wildman–Crippen MR) is 93.5 cm³/mol. The first-order valence-electron chi connectivity index (χ1n) is 6.32. The van der Waals surface area contributed by atoms with Crippen molar-refractivity contribution in [1.82, 2.24) is 0 Å². The van der Waals surface area contributed by atoms with Crippen molar-refractivity contribution >= 4 is 44.8 Å². The molecular formula is C13H30S4.